The van der Waals surface area contributed by atoms with Crippen molar-refractivity contribution in [1.82, 2.24) is 10.6 Å². The van der Waals surface area contributed by atoms with E-state index in [9.17, 15) is 9.18 Å². The predicted octanol–water partition coefficient (Wildman–Crippen LogP) is 4.09. The van der Waals surface area contributed by atoms with Gasteiger partial charge in [-0.05, 0) is 64.7 Å². The Morgan fingerprint density at radius 3 is 2.60 bits per heavy atom. The summed E-state index contributed by atoms with van der Waals surface area (Å²) in [6.45, 7) is 7.09. The maximum absolute atomic E-state index is 14.5. The smallest absolute Gasteiger partial charge is 0.407 e. The maximum atomic E-state index is 14.5. The third kappa shape index (κ3) is 6.09. The van der Waals surface area contributed by atoms with Gasteiger partial charge in [-0.15, -0.1) is 0 Å². The van der Waals surface area contributed by atoms with Crippen LogP contribution in [0, 0.1) is 17.1 Å². The van der Waals surface area contributed by atoms with Crippen LogP contribution < -0.4 is 15.5 Å². The highest BCUT2D eigenvalue weighted by molar-refractivity contribution is 5.68. The Kier molecular flexibility index (Phi) is 7.19. The number of piperidine rings is 1. The summed E-state index contributed by atoms with van der Waals surface area (Å²) in [4.78, 5) is 14.3. The second-order valence-electron chi connectivity index (χ2n) is 9.37. The number of amides is 1. The Morgan fingerprint density at radius 2 is 1.93 bits per heavy atom. The van der Waals surface area contributed by atoms with E-state index in [0.29, 0.717) is 17.8 Å². The van der Waals surface area contributed by atoms with Crippen LogP contribution in [0.2, 0.25) is 0 Å². The van der Waals surface area contributed by atoms with Crippen molar-refractivity contribution in [2.75, 3.05) is 18.0 Å². The van der Waals surface area contributed by atoms with Gasteiger partial charge in [0.15, 0.2) is 0 Å². The molecule has 2 N–H and O–H groups in total. The third-order valence-corrected chi connectivity index (χ3v) is 5.76. The maximum Gasteiger partial charge on any atom is 0.407 e. The lowest BCUT2D eigenvalue weighted by atomic mass is 9.89. The number of anilines is 1. The third-order valence-electron chi connectivity index (χ3n) is 5.76. The Labute approximate surface area is 178 Å². The number of nitrogens with one attached hydrogen (secondary N) is 2. The minimum atomic E-state index is -0.517. The summed E-state index contributed by atoms with van der Waals surface area (Å²) in [5.74, 6) is -0.350. The van der Waals surface area contributed by atoms with E-state index < -0.39 is 5.60 Å². The van der Waals surface area contributed by atoms with Crippen LogP contribution in [0.25, 0.3) is 0 Å². The first-order chi connectivity index (χ1) is 14.2. The van der Waals surface area contributed by atoms with Crippen LogP contribution in [0.4, 0.5) is 14.9 Å². The van der Waals surface area contributed by atoms with Crippen molar-refractivity contribution in [3.63, 3.8) is 0 Å². The lowest BCUT2D eigenvalue weighted by molar-refractivity contribution is 0.0476. The fraction of sp³-hybridized carbons (Fsp3) is 0.652. The quantitative estimate of drug-likeness (QED) is 0.773. The molecule has 30 heavy (non-hydrogen) atoms. The zero-order chi connectivity index (χ0) is 21.7. The van der Waals surface area contributed by atoms with Gasteiger partial charge in [0, 0.05) is 31.2 Å². The average molecular weight is 417 g/mol. The number of benzene rings is 1. The molecule has 1 saturated carbocycles. The van der Waals surface area contributed by atoms with Crippen LogP contribution in [0.1, 0.15) is 64.9 Å². The van der Waals surface area contributed by atoms with E-state index >= 15 is 0 Å². The molecule has 6 nitrogen and oxygen atoms in total. The Hall–Kier alpha value is -2.33. The van der Waals surface area contributed by atoms with Crippen molar-refractivity contribution >= 4 is 11.8 Å². The number of hydrogen-bond acceptors (Lipinski definition) is 5. The van der Waals surface area contributed by atoms with E-state index in [1.165, 1.54) is 6.07 Å². The Balaban J connectivity index is 1.61. The molecule has 3 rings (SSSR count). The first kappa shape index (κ1) is 22.4. The molecular weight excluding hydrogens is 383 g/mol. The lowest BCUT2D eigenvalue weighted by Crippen LogP contribution is -2.57. The Bertz CT molecular complexity index is 786. The van der Waals surface area contributed by atoms with E-state index in [2.05, 4.69) is 15.5 Å². The van der Waals surface area contributed by atoms with E-state index in [1.807, 2.05) is 26.8 Å². The van der Waals surface area contributed by atoms with Gasteiger partial charge in [-0.3, -0.25) is 0 Å². The van der Waals surface area contributed by atoms with Gasteiger partial charge in [0.25, 0.3) is 0 Å². The summed E-state index contributed by atoms with van der Waals surface area (Å²) < 4.78 is 19.9. The van der Waals surface area contributed by atoms with Gasteiger partial charge in [-0.1, -0.05) is 12.8 Å². The van der Waals surface area contributed by atoms with Crippen molar-refractivity contribution in [2.45, 2.75) is 83.0 Å². The number of nitriles is 1. The minimum absolute atomic E-state index is 0.0376. The number of carbonyl (C=O) groups is 1. The number of halogens is 1. The summed E-state index contributed by atoms with van der Waals surface area (Å²) in [5, 5.41) is 15.7. The minimum Gasteiger partial charge on any atom is -0.444 e. The fourth-order valence-corrected chi connectivity index (χ4v) is 4.43. The molecule has 0 radical (unpaired) electrons. The molecule has 164 valence electrons. The molecule has 7 heteroatoms. The van der Waals surface area contributed by atoms with Gasteiger partial charge in [0.2, 0.25) is 0 Å². The largest absolute Gasteiger partial charge is 0.444 e. The SMILES string of the molecule is CC(C)(C)OC(=O)N[C@@H]1CCCC[C@H]1N[C@H]1CCCN(c2ccc(C#N)cc2F)C1. The number of rotatable bonds is 4. The topological polar surface area (TPSA) is 77.4 Å². The van der Waals surface area contributed by atoms with Crippen molar-refractivity contribution in [1.29, 1.82) is 5.26 Å². The average Bonchev–Trinajstić information content (AvgIpc) is 2.68. The Morgan fingerprint density at radius 1 is 1.20 bits per heavy atom. The molecule has 1 aliphatic heterocycles. The van der Waals surface area contributed by atoms with Gasteiger partial charge >= 0.3 is 6.09 Å². The molecule has 0 unspecified atom stereocenters. The number of ether oxygens (including phenoxy) is 1. The molecule has 2 aliphatic rings. The molecule has 0 spiro atoms. The molecule has 1 aromatic rings. The first-order valence-corrected chi connectivity index (χ1v) is 11.0. The summed E-state index contributed by atoms with van der Waals surface area (Å²) >= 11 is 0. The monoisotopic (exact) mass is 416 g/mol. The van der Waals surface area contributed by atoms with Crippen molar-refractivity contribution in [3.8, 4) is 6.07 Å². The first-order valence-electron chi connectivity index (χ1n) is 11.0. The van der Waals surface area contributed by atoms with Crippen LogP contribution in [-0.4, -0.2) is 42.9 Å². The van der Waals surface area contributed by atoms with Crippen molar-refractivity contribution in [2.24, 2.45) is 0 Å². The van der Waals surface area contributed by atoms with Crippen LogP contribution in [0.15, 0.2) is 18.2 Å². The zero-order valence-electron chi connectivity index (χ0n) is 18.2. The summed E-state index contributed by atoms with van der Waals surface area (Å²) in [5.41, 5.74) is 0.366. The molecule has 1 aliphatic carbocycles. The highest BCUT2D eigenvalue weighted by Gasteiger charge is 2.31. The van der Waals surface area contributed by atoms with Crippen LogP contribution >= 0.6 is 0 Å². The van der Waals surface area contributed by atoms with Gasteiger partial charge in [-0.2, -0.15) is 5.26 Å². The van der Waals surface area contributed by atoms with Gasteiger partial charge < -0.3 is 20.3 Å². The van der Waals surface area contributed by atoms with Gasteiger partial charge in [-0.25, -0.2) is 9.18 Å². The number of alkyl carbamates (subject to hydrolysis) is 1. The summed E-state index contributed by atoms with van der Waals surface area (Å²) in [6.07, 6.45) is 5.76. The molecule has 1 aromatic carbocycles. The van der Waals surface area contributed by atoms with E-state index in [-0.39, 0.29) is 30.0 Å². The molecule has 1 saturated heterocycles. The molecule has 0 bridgehead atoms. The standard InChI is InChI=1S/C23H33FN4O2/c1-23(2,3)30-22(29)27-20-9-5-4-8-19(20)26-17-7-6-12-28(15-17)21-11-10-16(14-25)13-18(21)24/h10-11,13,17,19-20,26H,4-9,12,15H2,1-3H3,(H,27,29)/t17-,19+,20+/m0/s1. The molecule has 1 heterocycles. The van der Waals surface area contributed by atoms with Crippen LogP contribution in [-0.2, 0) is 4.74 Å². The van der Waals surface area contributed by atoms with Gasteiger partial charge in [0.05, 0.1) is 17.3 Å². The number of carbonyl (C=O) groups excluding carboxylic acids is 1. The zero-order valence-corrected chi connectivity index (χ0v) is 18.2. The second-order valence-corrected chi connectivity index (χ2v) is 9.37. The molecule has 0 aromatic heterocycles. The van der Waals surface area contributed by atoms with E-state index in [0.717, 1.165) is 45.1 Å². The lowest BCUT2D eigenvalue weighted by Gasteiger charge is -2.40. The number of hydrogen-bond donors (Lipinski definition) is 2. The van der Waals surface area contributed by atoms with Crippen LogP contribution in [0.5, 0.6) is 0 Å². The second kappa shape index (κ2) is 9.65. The fourth-order valence-electron chi connectivity index (χ4n) is 4.43. The van der Waals surface area contributed by atoms with E-state index in [4.69, 9.17) is 10.00 Å². The summed E-state index contributed by atoms with van der Waals surface area (Å²) in [6, 6.07) is 7.08. The summed E-state index contributed by atoms with van der Waals surface area (Å²) in [7, 11) is 0. The van der Waals surface area contributed by atoms with Crippen molar-refractivity contribution < 1.29 is 13.9 Å². The molecule has 1 amide bonds. The highest BCUT2D eigenvalue weighted by Crippen LogP contribution is 2.26. The predicted molar refractivity (Wildman–Crippen MR) is 115 cm³/mol. The van der Waals surface area contributed by atoms with E-state index in [1.54, 1.807) is 12.1 Å². The van der Waals surface area contributed by atoms with Crippen LogP contribution in [0.3, 0.4) is 0 Å². The molecule has 3 atom stereocenters. The molecule has 2 fully saturated rings. The normalized spacial score (nSPS) is 24.8. The molecular formula is C23H33FN4O2. The van der Waals surface area contributed by atoms with Crippen molar-refractivity contribution in [3.05, 3.63) is 29.6 Å². The number of nitrogens with zero attached hydrogens (tertiary/aromatic N) is 2. The van der Waals surface area contributed by atoms with Gasteiger partial charge in [0.1, 0.15) is 11.4 Å². The highest BCUT2D eigenvalue weighted by atomic mass is 19.1.